The lowest BCUT2D eigenvalue weighted by molar-refractivity contribution is 0.0853. The largest absolute Gasteiger partial charge is 0.376 e. The van der Waals surface area contributed by atoms with E-state index in [-0.39, 0.29) is 17.7 Å². The van der Waals surface area contributed by atoms with E-state index in [1.54, 1.807) is 6.07 Å². The van der Waals surface area contributed by atoms with Crippen LogP contribution in [0.2, 0.25) is 5.02 Å². The normalized spacial score (nSPS) is 17.0. The van der Waals surface area contributed by atoms with Gasteiger partial charge in [-0.2, -0.15) is 0 Å². The lowest BCUT2D eigenvalue weighted by Gasteiger charge is -2.10. The highest BCUT2D eigenvalue weighted by Gasteiger charge is 2.17. The summed E-state index contributed by atoms with van der Waals surface area (Å²) >= 11 is 6.07. The van der Waals surface area contributed by atoms with Gasteiger partial charge in [0.25, 0.3) is 5.91 Å². The van der Waals surface area contributed by atoms with Crippen molar-refractivity contribution in [2.24, 2.45) is 0 Å². The lowest BCUT2D eigenvalue weighted by Crippen LogP contribution is -2.32. The number of carbonyl (C=O) groups excluding carboxylic acids is 1. The van der Waals surface area contributed by atoms with Gasteiger partial charge in [-0.25, -0.2) is 9.97 Å². The van der Waals surface area contributed by atoms with Crippen LogP contribution in [0.25, 0.3) is 0 Å². The fourth-order valence-corrected chi connectivity index (χ4v) is 2.50. The number of para-hydroxylation sites is 1. The smallest absolute Gasteiger partial charge is 0.271 e. The summed E-state index contributed by atoms with van der Waals surface area (Å²) < 4.78 is 5.46. The second-order valence-electron chi connectivity index (χ2n) is 5.24. The summed E-state index contributed by atoms with van der Waals surface area (Å²) in [6, 6.07) is 7.34. The molecule has 1 aliphatic rings. The SMILES string of the molecule is O=C(NCC1CCCO1)c1cnc(Nc2ccccc2Cl)cn1. The van der Waals surface area contributed by atoms with E-state index in [1.807, 2.05) is 18.2 Å². The molecule has 1 aromatic carbocycles. The molecule has 1 atom stereocenters. The van der Waals surface area contributed by atoms with Crippen molar-refractivity contribution in [2.75, 3.05) is 18.5 Å². The third kappa shape index (κ3) is 4.18. The number of ether oxygens (including phenoxy) is 1. The van der Waals surface area contributed by atoms with Crippen LogP contribution in [0.1, 0.15) is 23.3 Å². The molecule has 2 N–H and O–H groups in total. The first-order valence-electron chi connectivity index (χ1n) is 7.46. The molecule has 1 saturated heterocycles. The molecule has 1 aromatic heterocycles. The van der Waals surface area contributed by atoms with Gasteiger partial charge in [-0.15, -0.1) is 0 Å². The van der Waals surface area contributed by atoms with E-state index in [4.69, 9.17) is 16.3 Å². The Bertz CT molecular complexity index is 672. The molecule has 2 heterocycles. The van der Waals surface area contributed by atoms with Crippen molar-refractivity contribution in [3.05, 3.63) is 47.4 Å². The lowest BCUT2D eigenvalue weighted by atomic mass is 10.2. The Hall–Kier alpha value is -2.18. The van der Waals surface area contributed by atoms with Crippen molar-refractivity contribution in [3.8, 4) is 0 Å². The standard InChI is InChI=1S/C16H17ClN4O2/c17-12-5-1-2-6-13(12)21-15-10-18-14(9-19-15)16(22)20-8-11-4-3-7-23-11/h1-2,5-6,9-11H,3-4,7-8H2,(H,19,21)(H,20,22). The zero-order valence-electron chi connectivity index (χ0n) is 12.5. The molecule has 0 aliphatic carbocycles. The molecule has 23 heavy (non-hydrogen) atoms. The van der Waals surface area contributed by atoms with Gasteiger partial charge in [0.05, 0.1) is 29.2 Å². The van der Waals surface area contributed by atoms with Gasteiger partial charge in [0.15, 0.2) is 0 Å². The monoisotopic (exact) mass is 332 g/mol. The molecule has 0 saturated carbocycles. The van der Waals surface area contributed by atoms with Gasteiger partial charge in [-0.1, -0.05) is 23.7 Å². The highest BCUT2D eigenvalue weighted by molar-refractivity contribution is 6.33. The molecule has 3 rings (SSSR count). The summed E-state index contributed by atoms with van der Waals surface area (Å²) in [6.45, 7) is 1.27. The maximum atomic E-state index is 12.0. The highest BCUT2D eigenvalue weighted by Crippen LogP contribution is 2.23. The van der Waals surface area contributed by atoms with E-state index in [2.05, 4.69) is 20.6 Å². The van der Waals surface area contributed by atoms with Crippen molar-refractivity contribution in [3.63, 3.8) is 0 Å². The first kappa shape index (κ1) is 15.7. The molecular weight excluding hydrogens is 316 g/mol. The van der Waals surface area contributed by atoms with E-state index in [1.165, 1.54) is 12.4 Å². The van der Waals surface area contributed by atoms with Gasteiger partial charge < -0.3 is 15.4 Å². The number of anilines is 2. The van der Waals surface area contributed by atoms with Gasteiger partial charge >= 0.3 is 0 Å². The molecule has 0 radical (unpaired) electrons. The van der Waals surface area contributed by atoms with Gasteiger partial charge in [-0.05, 0) is 25.0 Å². The number of nitrogens with one attached hydrogen (secondary N) is 2. The molecule has 1 fully saturated rings. The second kappa shape index (κ2) is 7.39. The number of hydrogen-bond donors (Lipinski definition) is 2. The van der Waals surface area contributed by atoms with Crippen molar-refractivity contribution in [1.82, 2.24) is 15.3 Å². The number of aromatic nitrogens is 2. The van der Waals surface area contributed by atoms with Crippen molar-refractivity contribution in [2.45, 2.75) is 18.9 Å². The van der Waals surface area contributed by atoms with Crippen molar-refractivity contribution >= 4 is 29.0 Å². The van der Waals surface area contributed by atoms with Crippen LogP contribution in [0, 0.1) is 0 Å². The Kier molecular flexibility index (Phi) is 5.05. The Morgan fingerprint density at radius 1 is 1.30 bits per heavy atom. The van der Waals surface area contributed by atoms with Crippen LogP contribution >= 0.6 is 11.6 Å². The molecule has 0 bridgehead atoms. The topological polar surface area (TPSA) is 76.1 Å². The van der Waals surface area contributed by atoms with Crippen LogP contribution in [-0.2, 0) is 4.74 Å². The van der Waals surface area contributed by atoms with Gasteiger partial charge in [0.1, 0.15) is 11.5 Å². The van der Waals surface area contributed by atoms with Gasteiger partial charge in [0.2, 0.25) is 0 Å². The zero-order valence-corrected chi connectivity index (χ0v) is 13.2. The molecule has 2 aromatic rings. The average molecular weight is 333 g/mol. The molecule has 1 amide bonds. The van der Waals surface area contributed by atoms with E-state index in [0.717, 1.165) is 25.1 Å². The predicted molar refractivity (Wildman–Crippen MR) is 88.1 cm³/mol. The summed E-state index contributed by atoms with van der Waals surface area (Å²) in [5.41, 5.74) is 1.01. The first-order valence-corrected chi connectivity index (χ1v) is 7.83. The molecule has 1 unspecified atom stereocenters. The highest BCUT2D eigenvalue weighted by atomic mass is 35.5. The number of halogens is 1. The van der Waals surface area contributed by atoms with Crippen LogP contribution in [0.4, 0.5) is 11.5 Å². The van der Waals surface area contributed by atoms with Gasteiger partial charge in [-0.3, -0.25) is 4.79 Å². The second-order valence-corrected chi connectivity index (χ2v) is 5.64. The fraction of sp³-hybridized carbons (Fsp3) is 0.312. The average Bonchev–Trinajstić information content (AvgIpc) is 3.09. The van der Waals surface area contributed by atoms with E-state index in [9.17, 15) is 4.79 Å². The van der Waals surface area contributed by atoms with Gasteiger partial charge in [0, 0.05) is 13.2 Å². The summed E-state index contributed by atoms with van der Waals surface area (Å²) in [5.74, 6) is 0.270. The van der Waals surface area contributed by atoms with Crippen LogP contribution in [-0.4, -0.2) is 35.1 Å². The number of carbonyl (C=O) groups is 1. The number of benzene rings is 1. The minimum absolute atomic E-state index is 0.105. The third-order valence-electron chi connectivity index (χ3n) is 3.54. The molecule has 6 nitrogen and oxygen atoms in total. The Morgan fingerprint density at radius 2 is 2.17 bits per heavy atom. The quantitative estimate of drug-likeness (QED) is 0.880. The Morgan fingerprint density at radius 3 is 2.87 bits per heavy atom. The summed E-state index contributed by atoms with van der Waals surface area (Å²) in [6.07, 6.45) is 5.07. The molecule has 120 valence electrons. The zero-order chi connectivity index (χ0) is 16.1. The van der Waals surface area contributed by atoms with E-state index in [0.29, 0.717) is 17.4 Å². The molecular formula is C16H17ClN4O2. The maximum Gasteiger partial charge on any atom is 0.271 e. The minimum atomic E-state index is -0.253. The third-order valence-corrected chi connectivity index (χ3v) is 3.86. The molecule has 0 spiro atoms. The minimum Gasteiger partial charge on any atom is -0.376 e. The number of nitrogens with zero attached hydrogens (tertiary/aromatic N) is 2. The molecule has 1 aliphatic heterocycles. The van der Waals surface area contributed by atoms with Crippen LogP contribution in [0.3, 0.4) is 0 Å². The molecule has 7 heteroatoms. The van der Waals surface area contributed by atoms with Crippen LogP contribution in [0.15, 0.2) is 36.7 Å². The number of amides is 1. The van der Waals surface area contributed by atoms with Crippen LogP contribution < -0.4 is 10.6 Å². The summed E-state index contributed by atoms with van der Waals surface area (Å²) in [5, 5.41) is 6.46. The van der Waals surface area contributed by atoms with E-state index < -0.39 is 0 Å². The first-order chi connectivity index (χ1) is 11.2. The number of hydrogen-bond acceptors (Lipinski definition) is 5. The summed E-state index contributed by atoms with van der Waals surface area (Å²) in [7, 11) is 0. The van der Waals surface area contributed by atoms with Crippen LogP contribution in [0.5, 0.6) is 0 Å². The fourth-order valence-electron chi connectivity index (χ4n) is 2.31. The van der Waals surface area contributed by atoms with Crippen molar-refractivity contribution < 1.29 is 9.53 Å². The maximum absolute atomic E-state index is 12.0. The predicted octanol–water partition coefficient (Wildman–Crippen LogP) is 2.78. The summed E-state index contributed by atoms with van der Waals surface area (Å²) in [4.78, 5) is 20.3. The van der Waals surface area contributed by atoms with E-state index >= 15 is 0 Å². The van der Waals surface area contributed by atoms with Crippen molar-refractivity contribution in [1.29, 1.82) is 0 Å². The number of rotatable bonds is 5. The Labute approximate surface area is 139 Å². The Balaban J connectivity index is 1.58.